The van der Waals surface area contributed by atoms with Crippen molar-refractivity contribution in [3.05, 3.63) is 47.0 Å². The zero-order valence-corrected chi connectivity index (χ0v) is 30.5. The highest BCUT2D eigenvalue weighted by molar-refractivity contribution is 6.67. The second-order valence-electron chi connectivity index (χ2n) is 14.0. The Morgan fingerprint density at radius 1 is 1.00 bits per heavy atom. The Morgan fingerprint density at radius 3 is 2.18 bits per heavy atom. The Morgan fingerprint density at radius 2 is 1.64 bits per heavy atom. The highest BCUT2D eigenvalue weighted by atomic mass is 35.6. The van der Waals surface area contributed by atoms with Crippen molar-refractivity contribution in [1.82, 2.24) is 0 Å². The molecule has 3 unspecified atom stereocenters. The Labute approximate surface area is 303 Å². The molecule has 2 N–H and O–H groups in total. The van der Waals surface area contributed by atoms with Crippen LogP contribution in [-0.2, 0) is 42.8 Å². The van der Waals surface area contributed by atoms with E-state index in [1.165, 1.54) is 26.0 Å². The molecule has 1 aromatic carbocycles. The number of hydrogen-bond acceptors (Lipinski definition) is 13. The summed E-state index contributed by atoms with van der Waals surface area (Å²) < 4.78 is 32.7. The maximum atomic E-state index is 15.4. The van der Waals surface area contributed by atoms with Crippen LogP contribution in [0.1, 0.15) is 64.7 Å². The first kappa shape index (κ1) is 38.3. The summed E-state index contributed by atoms with van der Waals surface area (Å²) in [5.41, 5.74) is -7.26. The minimum Gasteiger partial charge on any atom is -0.455 e. The molecule has 1 saturated heterocycles. The van der Waals surface area contributed by atoms with Crippen LogP contribution >= 0.6 is 34.8 Å². The van der Waals surface area contributed by atoms with Crippen molar-refractivity contribution in [2.75, 3.05) is 13.2 Å². The van der Waals surface area contributed by atoms with Gasteiger partial charge in [0.15, 0.2) is 17.5 Å². The van der Waals surface area contributed by atoms with E-state index in [1.54, 1.807) is 32.0 Å². The van der Waals surface area contributed by atoms with Gasteiger partial charge >= 0.3 is 24.1 Å². The van der Waals surface area contributed by atoms with E-state index in [1.807, 2.05) is 0 Å². The summed E-state index contributed by atoms with van der Waals surface area (Å²) in [6.07, 6.45) is -9.52. The lowest BCUT2D eigenvalue weighted by Crippen LogP contribution is -2.82. The van der Waals surface area contributed by atoms with Gasteiger partial charge in [-0.3, -0.25) is 14.4 Å². The van der Waals surface area contributed by atoms with Gasteiger partial charge in [-0.15, -0.1) is 0 Å². The number of benzene rings is 1. The fourth-order valence-corrected chi connectivity index (χ4v) is 8.51. The van der Waals surface area contributed by atoms with Gasteiger partial charge in [0, 0.05) is 32.1 Å². The molecule has 2 saturated carbocycles. The number of aliphatic hydroxyl groups is 2. The highest BCUT2D eigenvalue weighted by Crippen LogP contribution is 2.64. The summed E-state index contributed by atoms with van der Waals surface area (Å²) in [5, 5.41) is 24.6. The number of aliphatic hydroxyl groups excluding tert-OH is 1. The van der Waals surface area contributed by atoms with Gasteiger partial charge in [0.25, 0.3) is 0 Å². The fraction of sp³-hybridized carbons (Fsp3) is 0.618. The lowest BCUT2D eigenvalue weighted by Gasteiger charge is -2.67. The van der Waals surface area contributed by atoms with E-state index in [0.29, 0.717) is 0 Å². The average molecular weight is 762 g/mol. The quantitative estimate of drug-likeness (QED) is 0.183. The van der Waals surface area contributed by atoms with E-state index in [9.17, 15) is 29.4 Å². The molecule has 1 aliphatic heterocycles. The molecule has 1 heterocycles. The molecule has 0 aromatic heterocycles. The molecule has 4 aliphatic rings. The monoisotopic (exact) mass is 760 g/mol. The summed E-state index contributed by atoms with van der Waals surface area (Å²) in [6, 6.07) is 7.85. The summed E-state index contributed by atoms with van der Waals surface area (Å²) >= 11 is 17.3. The van der Waals surface area contributed by atoms with E-state index in [0.717, 1.165) is 13.8 Å². The van der Waals surface area contributed by atoms with Crippen molar-refractivity contribution in [3.63, 3.8) is 0 Å². The van der Waals surface area contributed by atoms with Gasteiger partial charge in [0.05, 0.1) is 29.6 Å². The van der Waals surface area contributed by atoms with E-state index >= 15 is 4.79 Å². The summed E-state index contributed by atoms with van der Waals surface area (Å²) in [7, 11) is 0. The van der Waals surface area contributed by atoms with Crippen LogP contribution in [0.2, 0.25) is 0 Å². The Bertz CT molecular complexity index is 1610. The number of rotatable bonds is 6. The van der Waals surface area contributed by atoms with Gasteiger partial charge in [0.2, 0.25) is 3.79 Å². The second-order valence-corrected chi connectivity index (χ2v) is 16.5. The normalized spacial score (nSPS) is 35.9. The van der Waals surface area contributed by atoms with Gasteiger partial charge < -0.3 is 38.6 Å². The van der Waals surface area contributed by atoms with E-state index < -0.39 is 105 Å². The topological polar surface area (TPSA) is 181 Å². The van der Waals surface area contributed by atoms with Crippen LogP contribution in [-0.4, -0.2) is 98.8 Å². The summed E-state index contributed by atoms with van der Waals surface area (Å²) in [4.78, 5) is 68.0. The molecule has 2 bridgehead atoms. The smallest absolute Gasteiger partial charge is 0.455 e. The van der Waals surface area contributed by atoms with E-state index in [2.05, 4.69) is 0 Å². The highest BCUT2D eigenvalue weighted by Gasteiger charge is 2.79. The molecule has 5 rings (SSSR count). The standard InChI is InChI=1S/C34H39Cl3O13/c1-16-20(40)13-33(44)27(49-28(42)19-10-8-7-9-11-19)25-31(6,26(41)24(47-17(2)38)23(16)30(33,4)5)21(48-29(43)46-15-34(35,36)37)12-22-32(25,14-45-22)50-18(3)39/h7-11,20-22,24-25,27,40,44H,12-15H2,1-6H3/t20?,21-,22+,24+,25?,27?,31+,32-,33+/m0/s1. The predicted molar refractivity (Wildman–Crippen MR) is 175 cm³/mol. The maximum absolute atomic E-state index is 15.4. The minimum atomic E-state index is -2.25. The number of fused-ring (bicyclic) bond motifs is 5. The first-order chi connectivity index (χ1) is 23.1. The fourth-order valence-electron chi connectivity index (χ4n) is 8.35. The van der Waals surface area contributed by atoms with Gasteiger partial charge in [-0.05, 0) is 37.1 Å². The number of Topliss-reactive ketones (excluding diaryl/α,β-unsaturated/α-hetero) is 1. The van der Waals surface area contributed by atoms with Crippen molar-refractivity contribution >= 4 is 64.6 Å². The molecular weight excluding hydrogens is 723 g/mol. The lowest BCUT2D eigenvalue weighted by molar-refractivity contribution is -0.346. The van der Waals surface area contributed by atoms with Crippen molar-refractivity contribution < 1.29 is 62.6 Å². The third kappa shape index (κ3) is 6.28. The van der Waals surface area contributed by atoms with Crippen LogP contribution in [0, 0.1) is 16.7 Å². The van der Waals surface area contributed by atoms with Crippen molar-refractivity contribution in [2.24, 2.45) is 16.7 Å². The summed E-state index contributed by atoms with van der Waals surface area (Å²) in [6.45, 7) is 7.27. The van der Waals surface area contributed by atoms with Gasteiger partial charge in [0.1, 0.15) is 30.5 Å². The number of halogens is 3. The van der Waals surface area contributed by atoms with Gasteiger partial charge in [-0.2, -0.15) is 0 Å². The first-order valence-electron chi connectivity index (χ1n) is 15.9. The van der Waals surface area contributed by atoms with Crippen LogP contribution in [0.5, 0.6) is 0 Å². The van der Waals surface area contributed by atoms with Crippen LogP contribution < -0.4 is 0 Å². The maximum Gasteiger partial charge on any atom is 0.508 e. The minimum absolute atomic E-state index is 0.0606. The molecule has 3 fully saturated rings. The Balaban J connectivity index is 1.82. The second kappa shape index (κ2) is 13.2. The molecule has 9 atom stereocenters. The molecule has 274 valence electrons. The molecule has 0 radical (unpaired) electrons. The SMILES string of the molecule is CC(=O)O[C@H]1C(=O)[C@@]2(C)C(C(OC(=O)c3ccccc3)[C@]3(O)CC(O)C(C)=C1C3(C)C)[C@]1(OC(C)=O)CO[C@@H]1C[C@@H]2OC(=O)OCC(Cl)(Cl)Cl. The van der Waals surface area contributed by atoms with E-state index in [4.69, 9.17) is 63.2 Å². The number of carbonyl (C=O) groups is 5. The third-order valence-corrected chi connectivity index (χ3v) is 11.1. The molecule has 50 heavy (non-hydrogen) atoms. The van der Waals surface area contributed by atoms with Crippen LogP contribution in [0.25, 0.3) is 0 Å². The molecular formula is C34H39Cl3O13. The van der Waals surface area contributed by atoms with Crippen LogP contribution in [0.4, 0.5) is 4.79 Å². The van der Waals surface area contributed by atoms with Gasteiger partial charge in [-0.1, -0.05) is 66.8 Å². The van der Waals surface area contributed by atoms with Crippen molar-refractivity contribution in [3.8, 4) is 0 Å². The van der Waals surface area contributed by atoms with Crippen LogP contribution in [0.15, 0.2) is 41.5 Å². The number of hydrogen-bond donors (Lipinski definition) is 2. The number of ketones is 1. The summed E-state index contributed by atoms with van der Waals surface area (Å²) in [5.74, 6) is -4.97. The Hall–Kier alpha value is -2.94. The molecule has 0 amide bonds. The average Bonchev–Trinajstić information content (AvgIpc) is 3.01. The lowest BCUT2D eigenvalue weighted by atomic mass is 9.44. The molecule has 16 heteroatoms. The molecule has 3 aliphatic carbocycles. The zero-order valence-electron chi connectivity index (χ0n) is 28.2. The first-order valence-corrected chi connectivity index (χ1v) is 17.0. The van der Waals surface area contributed by atoms with Crippen molar-refractivity contribution in [1.29, 1.82) is 0 Å². The number of ether oxygens (including phenoxy) is 6. The number of carbonyl (C=O) groups excluding carboxylic acids is 5. The zero-order chi connectivity index (χ0) is 37.2. The number of alkyl halides is 3. The van der Waals surface area contributed by atoms with E-state index in [-0.39, 0.29) is 29.7 Å². The molecule has 0 spiro atoms. The third-order valence-electron chi connectivity index (χ3n) is 10.8. The predicted octanol–water partition coefficient (Wildman–Crippen LogP) is 4.18. The van der Waals surface area contributed by atoms with Crippen LogP contribution in [0.3, 0.4) is 0 Å². The largest absolute Gasteiger partial charge is 0.508 e. The van der Waals surface area contributed by atoms with Crippen molar-refractivity contribution in [2.45, 2.75) is 99.9 Å². The molecule has 1 aromatic rings. The Kier molecular flexibility index (Phi) is 10.1. The molecule has 13 nitrogen and oxygen atoms in total. The number of esters is 3. The van der Waals surface area contributed by atoms with Gasteiger partial charge in [-0.25, -0.2) is 9.59 Å².